The van der Waals surface area contributed by atoms with Crippen LogP contribution >= 0.6 is 0 Å². The second kappa shape index (κ2) is 7.06. The molecule has 0 spiro atoms. The lowest BCUT2D eigenvalue weighted by Gasteiger charge is -2.18. The van der Waals surface area contributed by atoms with E-state index in [0.29, 0.717) is 0 Å². The lowest BCUT2D eigenvalue weighted by Crippen LogP contribution is -2.45. The van der Waals surface area contributed by atoms with Crippen LogP contribution in [0.3, 0.4) is 0 Å². The van der Waals surface area contributed by atoms with E-state index < -0.39 is 0 Å². The predicted molar refractivity (Wildman–Crippen MR) is 83.4 cm³/mol. The van der Waals surface area contributed by atoms with Crippen molar-refractivity contribution in [2.45, 2.75) is 27.7 Å². The summed E-state index contributed by atoms with van der Waals surface area (Å²) in [6.45, 7) is 12.0. The fourth-order valence-electron chi connectivity index (χ4n) is 2.30. The van der Waals surface area contributed by atoms with E-state index in [4.69, 9.17) is 4.84 Å². The highest BCUT2D eigenvalue weighted by molar-refractivity contribution is 5.75. The van der Waals surface area contributed by atoms with Crippen molar-refractivity contribution < 1.29 is 9.41 Å². The van der Waals surface area contributed by atoms with Crippen LogP contribution in [0.15, 0.2) is 24.3 Å². The highest BCUT2D eigenvalue weighted by Crippen LogP contribution is 2.08. The second-order valence-electron chi connectivity index (χ2n) is 4.67. The number of nitrogens with zero attached hydrogens (tertiary/aromatic N) is 5. The van der Waals surface area contributed by atoms with Gasteiger partial charge in [-0.2, -0.15) is 0 Å². The van der Waals surface area contributed by atoms with Crippen LogP contribution in [0.2, 0.25) is 0 Å². The van der Waals surface area contributed by atoms with E-state index in [2.05, 4.69) is 47.5 Å². The van der Waals surface area contributed by atoms with E-state index >= 15 is 0 Å². The van der Waals surface area contributed by atoms with Crippen molar-refractivity contribution in [2.24, 2.45) is 0 Å². The van der Waals surface area contributed by atoms with E-state index in [1.54, 1.807) is 0 Å². The molecule has 0 bridgehead atoms. The normalized spacial score (nSPS) is 10.7. The molecule has 0 saturated carbocycles. The number of amidine groups is 1. The molecule has 1 aromatic carbocycles. The summed E-state index contributed by atoms with van der Waals surface area (Å²) in [6, 6.07) is 8.61. The molecule has 0 saturated heterocycles. The van der Waals surface area contributed by atoms with Crippen LogP contribution in [0.1, 0.15) is 27.7 Å². The number of fused-ring (bicyclic) bond motifs is 1. The fraction of sp³-hybridized carbons (Fsp3) is 0.533. The van der Waals surface area contributed by atoms with Gasteiger partial charge < -0.3 is 0 Å². The van der Waals surface area contributed by atoms with Crippen molar-refractivity contribution >= 4 is 17.1 Å². The average Bonchev–Trinajstić information content (AvgIpc) is 2.93. The summed E-state index contributed by atoms with van der Waals surface area (Å²) in [7, 11) is 0. The Bertz CT molecular complexity index is 609. The minimum atomic E-state index is 0.820. The Morgan fingerprint density at radius 2 is 1.81 bits per heavy atom. The Hall–Kier alpha value is -2.11. The topological polar surface area (TPSA) is 46.2 Å². The largest absolute Gasteiger partial charge is 0.472 e. The highest BCUT2D eigenvalue weighted by atomic mass is 16.7. The summed E-state index contributed by atoms with van der Waals surface area (Å²) in [5, 5.41) is 8.24. The standard InChI is InChI=1S/C15H24N5O/c1-5-18(6-2)15(19(7-3)8-4)21-20-14-12-10-9-11-13(14)16-17-20/h9-12H,5-8H2,1-4H3/q+1. The molecule has 0 unspecified atom stereocenters. The first-order valence-electron chi connectivity index (χ1n) is 7.60. The number of hydrogen-bond donors (Lipinski definition) is 0. The molecule has 6 nitrogen and oxygen atoms in total. The molecular formula is C15H24N5O+. The Morgan fingerprint density at radius 1 is 1.14 bits per heavy atom. The van der Waals surface area contributed by atoms with Crippen molar-refractivity contribution in [1.82, 2.24) is 20.1 Å². The molecule has 114 valence electrons. The highest BCUT2D eigenvalue weighted by Gasteiger charge is 2.24. The maximum Gasteiger partial charge on any atom is 0.472 e. The fourth-order valence-corrected chi connectivity index (χ4v) is 2.30. The number of para-hydroxylation sites is 1. The molecule has 1 heterocycles. The molecule has 21 heavy (non-hydrogen) atoms. The zero-order chi connectivity index (χ0) is 15.2. The molecule has 0 aliphatic rings. The molecule has 2 rings (SSSR count). The average molecular weight is 290 g/mol. The summed E-state index contributed by atoms with van der Waals surface area (Å²) in [5.41, 5.74) is 1.70. The van der Waals surface area contributed by atoms with Crippen LogP contribution in [0.4, 0.5) is 0 Å². The minimum Gasteiger partial charge on any atom is -0.278 e. The lowest BCUT2D eigenvalue weighted by atomic mass is 10.3. The molecule has 0 fully saturated rings. The lowest BCUT2D eigenvalue weighted by molar-refractivity contribution is -0.535. The molecule has 0 amide bonds. The number of benzene rings is 1. The predicted octanol–water partition coefficient (Wildman–Crippen LogP) is 1.61. The van der Waals surface area contributed by atoms with Crippen molar-refractivity contribution in [3.63, 3.8) is 0 Å². The van der Waals surface area contributed by atoms with Crippen LogP contribution in [-0.2, 0) is 0 Å². The molecule has 2 aromatic rings. The molecule has 0 aliphatic heterocycles. The third-order valence-corrected chi connectivity index (χ3v) is 3.56. The van der Waals surface area contributed by atoms with Gasteiger partial charge in [-0.1, -0.05) is 17.0 Å². The second-order valence-corrected chi connectivity index (χ2v) is 4.67. The van der Waals surface area contributed by atoms with E-state index in [0.717, 1.165) is 43.2 Å². The Kier molecular flexibility index (Phi) is 5.14. The van der Waals surface area contributed by atoms with Crippen LogP contribution in [0.25, 0.3) is 11.0 Å². The third kappa shape index (κ3) is 3.15. The van der Waals surface area contributed by atoms with E-state index in [1.807, 2.05) is 24.3 Å². The Labute approximate surface area is 125 Å². The van der Waals surface area contributed by atoms with Crippen molar-refractivity contribution in [3.05, 3.63) is 24.3 Å². The first-order valence-corrected chi connectivity index (χ1v) is 7.60. The SMILES string of the molecule is CCN(CC)C(On1nnc2ccccc21)=[N+](CC)CC. The molecular weight excluding hydrogens is 266 g/mol. The summed E-state index contributed by atoms with van der Waals surface area (Å²) >= 11 is 0. The van der Waals surface area contributed by atoms with Crippen molar-refractivity contribution in [3.8, 4) is 0 Å². The smallest absolute Gasteiger partial charge is 0.278 e. The third-order valence-electron chi connectivity index (χ3n) is 3.56. The van der Waals surface area contributed by atoms with Gasteiger partial charge in [0.25, 0.3) is 0 Å². The van der Waals surface area contributed by atoms with Crippen molar-refractivity contribution in [2.75, 3.05) is 26.2 Å². The zero-order valence-corrected chi connectivity index (χ0v) is 13.3. The van der Waals surface area contributed by atoms with Gasteiger partial charge in [0.05, 0.1) is 26.2 Å². The zero-order valence-electron chi connectivity index (χ0n) is 13.3. The van der Waals surface area contributed by atoms with Gasteiger partial charge in [0, 0.05) is 0 Å². The van der Waals surface area contributed by atoms with Gasteiger partial charge >= 0.3 is 6.02 Å². The molecule has 1 aromatic heterocycles. The van der Waals surface area contributed by atoms with Gasteiger partial charge in [0.2, 0.25) is 0 Å². The van der Waals surface area contributed by atoms with Gasteiger partial charge in [-0.15, -0.1) is 5.10 Å². The summed E-state index contributed by atoms with van der Waals surface area (Å²) in [5.74, 6) is 0. The van der Waals surface area contributed by atoms with Gasteiger partial charge in [-0.05, 0) is 45.0 Å². The summed E-state index contributed by atoms with van der Waals surface area (Å²) in [4.78, 5) is 9.75. The first kappa shape index (κ1) is 15.3. The van der Waals surface area contributed by atoms with Gasteiger partial charge in [-0.3, -0.25) is 4.84 Å². The quantitative estimate of drug-likeness (QED) is 0.477. The van der Waals surface area contributed by atoms with Crippen LogP contribution < -0.4 is 4.84 Å². The van der Waals surface area contributed by atoms with E-state index in [9.17, 15) is 0 Å². The number of aromatic nitrogens is 3. The van der Waals surface area contributed by atoms with Gasteiger partial charge in [-0.25, -0.2) is 9.48 Å². The van der Waals surface area contributed by atoms with E-state index in [1.165, 1.54) is 4.85 Å². The first-order chi connectivity index (χ1) is 10.2. The van der Waals surface area contributed by atoms with Crippen LogP contribution in [-0.4, -0.2) is 56.8 Å². The molecule has 0 aliphatic carbocycles. The maximum absolute atomic E-state index is 6.07. The monoisotopic (exact) mass is 290 g/mol. The van der Waals surface area contributed by atoms with Crippen LogP contribution in [0, 0.1) is 0 Å². The molecule has 0 atom stereocenters. The minimum absolute atomic E-state index is 0.820. The molecule has 0 N–H and O–H groups in total. The number of hydrogen-bond acceptors (Lipinski definition) is 3. The number of rotatable bonds is 5. The molecule has 0 radical (unpaired) electrons. The van der Waals surface area contributed by atoms with E-state index in [-0.39, 0.29) is 0 Å². The summed E-state index contributed by atoms with van der Waals surface area (Å²) in [6.07, 6.45) is 0. The summed E-state index contributed by atoms with van der Waals surface area (Å²) < 4.78 is 2.18. The Balaban J connectivity index is 2.41. The molecule has 6 heteroatoms. The Morgan fingerprint density at radius 3 is 2.43 bits per heavy atom. The van der Waals surface area contributed by atoms with Crippen LogP contribution in [0.5, 0.6) is 0 Å². The van der Waals surface area contributed by atoms with Crippen molar-refractivity contribution in [1.29, 1.82) is 0 Å². The van der Waals surface area contributed by atoms with Gasteiger partial charge in [0.1, 0.15) is 11.0 Å². The maximum atomic E-state index is 6.07. The van der Waals surface area contributed by atoms with Gasteiger partial charge in [0.15, 0.2) is 0 Å².